The number of carbonyl (C=O) groups is 1. The van der Waals surface area contributed by atoms with E-state index in [9.17, 15) is 4.79 Å². The standard InChI is InChI=1S/C15H19N3O2/c19-15(20)9-5-4-8-14-12-18(17-16-14)11-10-13-6-2-1-3-7-13/h1-3,6-7,12H,4-5,8-11H2,(H,19,20). The molecule has 0 amide bonds. The number of benzene rings is 1. The highest BCUT2D eigenvalue weighted by Gasteiger charge is 2.02. The second kappa shape index (κ2) is 7.43. The van der Waals surface area contributed by atoms with Gasteiger partial charge in [-0.15, -0.1) is 5.10 Å². The monoisotopic (exact) mass is 273 g/mol. The number of aromatic nitrogens is 3. The molecular formula is C15H19N3O2. The molecule has 0 fully saturated rings. The fourth-order valence-electron chi connectivity index (χ4n) is 2.03. The molecule has 0 aliphatic rings. The van der Waals surface area contributed by atoms with E-state index < -0.39 is 5.97 Å². The van der Waals surface area contributed by atoms with E-state index in [0.717, 1.165) is 31.5 Å². The van der Waals surface area contributed by atoms with Gasteiger partial charge in [0.25, 0.3) is 0 Å². The topological polar surface area (TPSA) is 68.0 Å². The van der Waals surface area contributed by atoms with Gasteiger partial charge >= 0.3 is 5.97 Å². The van der Waals surface area contributed by atoms with E-state index >= 15 is 0 Å². The smallest absolute Gasteiger partial charge is 0.303 e. The van der Waals surface area contributed by atoms with E-state index in [1.807, 2.05) is 29.1 Å². The second-order valence-electron chi connectivity index (χ2n) is 4.81. The molecule has 1 aromatic heterocycles. The molecule has 1 heterocycles. The first-order chi connectivity index (χ1) is 9.74. The van der Waals surface area contributed by atoms with Gasteiger partial charge in [-0.1, -0.05) is 35.5 Å². The molecule has 0 unspecified atom stereocenters. The Morgan fingerprint density at radius 3 is 2.70 bits per heavy atom. The molecule has 0 aliphatic heterocycles. The molecule has 2 rings (SSSR count). The first-order valence-corrected chi connectivity index (χ1v) is 6.89. The Morgan fingerprint density at radius 1 is 1.15 bits per heavy atom. The third kappa shape index (κ3) is 4.84. The van der Waals surface area contributed by atoms with E-state index in [0.29, 0.717) is 6.42 Å². The Balaban J connectivity index is 1.73. The number of aryl methyl sites for hydroxylation is 3. The number of carboxylic acids is 1. The highest BCUT2D eigenvalue weighted by molar-refractivity contribution is 5.66. The van der Waals surface area contributed by atoms with Crippen LogP contribution in [0.1, 0.15) is 30.5 Å². The number of unbranched alkanes of at least 4 members (excludes halogenated alkanes) is 1. The van der Waals surface area contributed by atoms with Crippen molar-refractivity contribution >= 4 is 5.97 Å². The number of carboxylic acid groups (broad SMARTS) is 1. The Bertz CT molecular complexity index is 537. The highest BCUT2D eigenvalue weighted by Crippen LogP contribution is 2.05. The van der Waals surface area contributed by atoms with Crippen LogP contribution in [0.15, 0.2) is 36.5 Å². The number of hydrogen-bond acceptors (Lipinski definition) is 3. The van der Waals surface area contributed by atoms with Crippen LogP contribution in [0.5, 0.6) is 0 Å². The first kappa shape index (κ1) is 14.2. The Kier molecular flexibility index (Phi) is 5.29. The molecule has 2 aromatic rings. The van der Waals surface area contributed by atoms with Crippen molar-refractivity contribution < 1.29 is 9.90 Å². The van der Waals surface area contributed by atoms with Crippen LogP contribution < -0.4 is 0 Å². The van der Waals surface area contributed by atoms with Crippen LogP contribution in [0.4, 0.5) is 0 Å². The largest absolute Gasteiger partial charge is 0.481 e. The van der Waals surface area contributed by atoms with Crippen molar-refractivity contribution in [2.75, 3.05) is 0 Å². The summed E-state index contributed by atoms with van der Waals surface area (Å²) in [5.41, 5.74) is 2.22. The van der Waals surface area contributed by atoms with Crippen LogP contribution in [0.3, 0.4) is 0 Å². The second-order valence-corrected chi connectivity index (χ2v) is 4.81. The van der Waals surface area contributed by atoms with E-state index in [1.165, 1.54) is 5.56 Å². The van der Waals surface area contributed by atoms with Crippen molar-refractivity contribution in [2.24, 2.45) is 0 Å². The van der Waals surface area contributed by atoms with Crippen molar-refractivity contribution in [1.82, 2.24) is 15.0 Å². The van der Waals surface area contributed by atoms with Crippen LogP contribution >= 0.6 is 0 Å². The van der Waals surface area contributed by atoms with E-state index in [4.69, 9.17) is 5.11 Å². The molecular weight excluding hydrogens is 254 g/mol. The zero-order valence-corrected chi connectivity index (χ0v) is 11.4. The summed E-state index contributed by atoms with van der Waals surface area (Å²) < 4.78 is 1.85. The fraction of sp³-hybridized carbons (Fsp3) is 0.400. The third-order valence-corrected chi connectivity index (χ3v) is 3.13. The molecule has 0 spiro atoms. The predicted molar refractivity (Wildman–Crippen MR) is 75.4 cm³/mol. The Hall–Kier alpha value is -2.17. The van der Waals surface area contributed by atoms with Gasteiger partial charge in [-0.25, -0.2) is 0 Å². The lowest BCUT2D eigenvalue weighted by Gasteiger charge is -2.00. The van der Waals surface area contributed by atoms with Crippen molar-refractivity contribution in [2.45, 2.75) is 38.6 Å². The van der Waals surface area contributed by atoms with Gasteiger partial charge in [0.15, 0.2) is 0 Å². The highest BCUT2D eigenvalue weighted by atomic mass is 16.4. The zero-order chi connectivity index (χ0) is 14.2. The maximum atomic E-state index is 10.4. The maximum Gasteiger partial charge on any atom is 0.303 e. The Labute approximate surface area is 118 Å². The Morgan fingerprint density at radius 2 is 1.95 bits per heavy atom. The van der Waals surface area contributed by atoms with E-state index in [2.05, 4.69) is 22.4 Å². The first-order valence-electron chi connectivity index (χ1n) is 6.89. The predicted octanol–water partition coefficient (Wildman–Crippen LogP) is 2.32. The molecule has 1 N–H and O–H groups in total. The summed E-state index contributed by atoms with van der Waals surface area (Å²) >= 11 is 0. The lowest BCUT2D eigenvalue weighted by atomic mass is 10.1. The van der Waals surface area contributed by atoms with Crippen LogP contribution in [0.2, 0.25) is 0 Å². The number of rotatable bonds is 8. The van der Waals surface area contributed by atoms with Gasteiger partial charge in [-0.3, -0.25) is 9.48 Å². The molecule has 5 nitrogen and oxygen atoms in total. The van der Waals surface area contributed by atoms with Crippen LogP contribution in [0.25, 0.3) is 0 Å². The van der Waals surface area contributed by atoms with Gasteiger partial charge in [0.1, 0.15) is 0 Å². The van der Waals surface area contributed by atoms with Crippen molar-refractivity contribution in [1.29, 1.82) is 0 Å². The van der Waals surface area contributed by atoms with Gasteiger partial charge in [-0.2, -0.15) is 0 Å². The van der Waals surface area contributed by atoms with Crippen molar-refractivity contribution in [3.05, 3.63) is 47.8 Å². The minimum atomic E-state index is -0.739. The number of hydrogen-bond donors (Lipinski definition) is 1. The molecule has 0 aliphatic carbocycles. The summed E-state index contributed by atoms with van der Waals surface area (Å²) in [7, 11) is 0. The summed E-state index contributed by atoms with van der Waals surface area (Å²) in [6.45, 7) is 0.812. The third-order valence-electron chi connectivity index (χ3n) is 3.13. The fourth-order valence-corrected chi connectivity index (χ4v) is 2.03. The summed E-state index contributed by atoms with van der Waals surface area (Å²) in [5, 5.41) is 16.8. The normalized spacial score (nSPS) is 10.6. The minimum Gasteiger partial charge on any atom is -0.481 e. The molecule has 0 saturated carbocycles. The zero-order valence-electron chi connectivity index (χ0n) is 11.4. The van der Waals surface area contributed by atoms with Gasteiger partial charge < -0.3 is 5.11 Å². The van der Waals surface area contributed by atoms with Gasteiger partial charge in [-0.05, 0) is 31.2 Å². The van der Waals surface area contributed by atoms with Crippen LogP contribution in [-0.2, 0) is 24.2 Å². The molecule has 0 radical (unpaired) electrons. The minimum absolute atomic E-state index is 0.224. The molecule has 106 valence electrons. The van der Waals surface area contributed by atoms with E-state index in [-0.39, 0.29) is 6.42 Å². The van der Waals surface area contributed by atoms with Crippen LogP contribution in [0, 0.1) is 0 Å². The molecule has 0 saturated heterocycles. The quantitative estimate of drug-likeness (QED) is 0.749. The van der Waals surface area contributed by atoms with Crippen molar-refractivity contribution in [3.8, 4) is 0 Å². The van der Waals surface area contributed by atoms with Crippen LogP contribution in [-0.4, -0.2) is 26.1 Å². The average molecular weight is 273 g/mol. The summed E-state index contributed by atoms with van der Waals surface area (Å²) in [6.07, 6.45) is 5.42. The summed E-state index contributed by atoms with van der Waals surface area (Å²) in [5.74, 6) is -0.739. The molecule has 20 heavy (non-hydrogen) atoms. The molecule has 1 aromatic carbocycles. The lowest BCUT2D eigenvalue weighted by molar-refractivity contribution is -0.137. The average Bonchev–Trinajstić information content (AvgIpc) is 2.90. The van der Waals surface area contributed by atoms with Gasteiger partial charge in [0.2, 0.25) is 0 Å². The number of nitrogens with zero attached hydrogens (tertiary/aromatic N) is 3. The summed E-state index contributed by atoms with van der Waals surface area (Å²) in [6, 6.07) is 10.3. The van der Waals surface area contributed by atoms with Crippen molar-refractivity contribution in [3.63, 3.8) is 0 Å². The molecule has 0 atom stereocenters. The molecule has 5 heteroatoms. The van der Waals surface area contributed by atoms with E-state index in [1.54, 1.807) is 0 Å². The van der Waals surface area contributed by atoms with Gasteiger partial charge in [0.05, 0.1) is 5.69 Å². The summed E-state index contributed by atoms with van der Waals surface area (Å²) in [4.78, 5) is 10.4. The maximum absolute atomic E-state index is 10.4. The van der Waals surface area contributed by atoms with Gasteiger partial charge in [0, 0.05) is 19.2 Å². The lowest BCUT2D eigenvalue weighted by Crippen LogP contribution is -2.01. The number of aliphatic carboxylic acids is 1. The SMILES string of the molecule is O=C(O)CCCCc1cn(CCc2ccccc2)nn1. The molecule has 0 bridgehead atoms.